The van der Waals surface area contributed by atoms with Crippen molar-refractivity contribution < 1.29 is 39.0 Å². The minimum absolute atomic E-state index is 0.0188. The van der Waals surface area contributed by atoms with Gasteiger partial charge >= 0.3 is 0 Å². The zero-order valence-electron chi connectivity index (χ0n) is 29.8. The van der Waals surface area contributed by atoms with Crippen LogP contribution in [0.5, 0.6) is 11.5 Å². The van der Waals surface area contributed by atoms with Crippen molar-refractivity contribution in [2.24, 2.45) is 17.2 Å². The van der Waals surface area contributed by atoms with E-state index in [1.807, 2.05) is 0 Å². The normalized spacial score (nSPS) is 13.5. The Morgan fingerprint density at radius 3 is 1.76 bits per heavy atom. The molecule has 15 N–H and O–H groups in total. The molecule has 0 aliphatic heterocycles. The number of guanidine groups is 1. The molecule has 5 amide bonds. The fraction of sp³-hybridized carbons (Fsp3) is 0.457. The predicted octanol–water partition coefficient (Wildman–Crippen LogP) is -2.30. The number of nitrogens with one attached hydrogen (secondary N) is 7. The van der Waals surface area contributed by atoms with Crippen LogP contribution in [0, 0.1) is 5.41 Å². The molecule has 295 valence electrons. The van der Waals surface area contributed by atoms with E-state index in [1.165, 1.54) is 24.3 Å². The van der Waals surface area contributed by atoms with Gasteiger partial charge < -0.3 is 59.3 Å². The lowest BCUT2D eigenvalue weighted by atomic mass is 10.0. The van der Waals surface area contributed by atoms with E-state index >= 15 is 0 Å². The smallest absolute Gasteiger partial charge is 0.244 e. The number of hydrogen-bond acceptors (Lipinski definition) is 12. The third kappa shape index (κ3) is 17.0. The van der Waals surface area contributed by atoms with Crippen molar-refractivity contribution in [2.75, 3.05) is 25.4 Å². The minimum atomic E-state index is -1.31. The van der Waals surface area contributed by atoms with Gasteiger partial charge in [-0.3, -0.25) is 34.2 Å². The van der Waals surface area contributed by atoms with Crippen LogP contribution in [-0.4, -0.2) is 108 Å². The van der Waals surface area contributed by atoms with Crippen LogP contribution in [0.1, 0.15) is 43.2 Å². The fourth-order valence-electron chi connectivity index (χ4n) is 5.04. The lowest BCUT2D eigenvalue weighted by molar-refractivity contribution is -0.133. The van der Waals surface area contributed by atoms with Crippen molar-refractivity contribution in [3.05, 3.63) is 59.7 Å². The number of amides is 5. The van der Waals surface area contributed by atoms with Gasteiger partial charge in [-0.05, 0) is 67.6 Å². The van der Waals surface area contributed by atoms with Crippen LogP contribution in [0.25, 0.3) is 0 Å². The van der Waals surface area contributed by atoms with E-state index < -0.39 is 66.3 Å². The number of unbranched alkanes of at least 4 members (excludes halogenated alkanes) is 1. The van der Waals surface area contributed by atoms with Crippen molar-refractivity contribution in [3.63, 3.8) is 0 Å². The number of rotatable bonds is 24. The molecule has 0 aromatic heterocycles. The first kappa shape index (κ1) is 44.8. The van der Waals surface area contributed by atoms with E-state index in [1.54, 1.807) is 30.6 Å². The molecule has 1 radical (unpaired) electrons. The summed E-state index contributed by atoms with van der Waals surface area (Å²) in [5.41, 5.74) is 17.7. The molecule has 0 fully saturated rings. The third-order valence-corrected chi connectivity index (χ3v) is 8.39. The van der Waals surface area contributed by atoms with Gasteiger partial charge in [-0.15, -0.1) is 0 Å². The fourth-order valence-corrected chi connectivity index (χ4v) is 5.30. The maximum absolute atomic E-state index is 13.6. The lowest BCUT2D eigenvalue weighted by Gasteiger charge is -2.25. The average Bonchev–Trinajstić information content (AvgIpc) is 3.14. The highest BCUT2D eigenvalue weighted by Crippen LogP contribution is 2.13. The molecular formula is C35H51N10O8S. The quantitative estimate of drug-likeness (QED) is 0.0232. The van der Waals surface area contributed by atoms with Crippen LogP contribution in [0.15, 0.2) is 48.5 Å². The van der Waals surface area contributed by atoms with Crippen molar-refractivity contribution >= 4 is 54.4 Å². The zero-order chi connectivity index (χ0) is 40.0. The second-order valence-corrected chi connectivity index (χ2v) is 12.8. The van der Waals surface area contributed by atoms with Gasteiger partial charge in [-0.1, -0.05) is 30.7 Å². The number of carbonyl (C=O) groups is 5. The molecule has 54 heavy (non-hydrogen) atoms. The summed E-state index contributed by atoms with van der Waals surface area (Å²) < 4.78 is 0. The SMILES string of the molecule is N=C(N)NCCC[C@@H]([C]=O)NC(=O)[C@H](Cc1ccc(O)cc1)NC(=O)[C@H](CS)NC(=O)[C@H](Cc1ccc(O)cc1)NC(=O)CNC(=O)[C@@H](N)CCCCN. The molecule has 0 unspecified atom stereocenters. The van der Waals surface area contributed by atoms with Crippen molar-refractivity contribution in [1.82, 2.24) is 31.9 Å². The first-order valence-corrected chi connectivity index (χ1v) is 18.0. The van der Waals surface area contributed by atoms with Gasteiger partial charge in [0.15, 0.2) is 5.96 Å². The molecule has 0 heterocycles. The Balaban J connectivity index is 2.20. The van der Waals surface area contributed by atoms with Crippen LogP contribution in [0.4, 0.5) is 0 Å². The Morgan fingerprint density at radius 2 is 1.24 bits per heavy atom. The van der Waals surface area contributed by atoms with Gasteiger partial charge in [0.05, 0.1) is 18.6 Å². The Kier molecular flexibility index (Phi) is 19.9. The molecule has 2 aromatic rings. The molecule has 0 bridgehead atoms. The van der Waals surface area contributed by atoms with E-state index in [0.717, 1.165) is 0 Å². The molecular weight excluding hydrogens is 721 g/mol. The van der Waals surface area contributed by atoms with Gasteiger partial charge in [0.2, 0.25) is 35.8 Å². The first-order valence-electron chi connectivity index (χ1n) is 17.3. The zero-order valence-corrected chi connectivity index (χ0v) is 30.7. The molecule has 0 saturated heterocycles. The Hall–Kier alpha value is -5.40. The number of benzene rings is 2. The van der Waals surface area contributed by atoms with Crippen LogP contribution in [-0.2, 0) is 41.6 Å². The number of thiol groups is 1. The number of carbonyl (C=O) groups excluding carboxylic acids is 6. The van der Waals surface area contributed by atoms with E-state index in [0.29, 0.717) is 43.4 Å². The number of aromatic hydroxyl groups is 2. The van der Waals surface area contributed by atoms with Crippen molar-refractivity contribution in [2.45, 2.75) is 75.2 Å². The largest absolute Gasteiger partial charge is 0.508 e. The summed E-state index contributed by atoms with van der Waals surface area (Å²) in [4.78, 5) is 77.6. The lowest BCUT2D eigenvalue weighted by Crippen LogP contribution is -2.59. The second-order valence-electron chi connectivity index (χ2n) is 12.4. The molecule has 0 saturated carbocycles. The molecule has 2 rings (SSSR count). The van der Waals surface area contributed by atoms with E-state index in [4.69, 9.17) is 22.6 Å². The minimum Gasteiger partial charge on any atom is -0.508 e. The highest BCUT2D eigenvalue weighted by atomic mass is 32.1. The Morgan fingerprint density at radius 1 is 0.722 bits per heavy atom. The maximum atomic E-state index is 13.6. The molecule has 0 spiro atoms. The number of nitrogens with two attached hydrogens (primary N) is 3. The number of phenolic OH excluding ortho intramolecular Hbond substituents is 2. The highest BCUT2D eigenvalue weighted by molar-refractivity contribution is 7.80. The van der Waals surface area contributed by atoms with Crippen LogP contribution < -0.4 is 49.1 Å². The summed E-state index contributed by atoms with van der Waals surface area (Å²) in [6.07, 6.45) is 3.83. The second kappa shape index (κ2) is 24.0. The molecule has 18 nitrogen and oxygen atoms in total. The van der Waals surface area contributed by atoms with Crippen LogP contribution in [0.2, 0.25) is 0 Å². The predicted molar refractivity (Wildman–Crippen MR) is 204 cm³/mol. The molecule has 19 heteroatoms. The highest BCUT2D eigenvalue weighted by Gasteiger charge is 2.30. The van der Waals surface area contributed by atoms with Crippen LogP contribution in [0.3, 0.4) is 0 Å². The molecule has 5 atom stereocenters. The summed E-state index contributed by atoms with van der Waals surface area (Å²) in [6.45, 7) is 0.239. The monoisotopic (exact) mass is 771 g/mol. The van der Waals surface area contributed by atoms with E-state index in [-0.39, 0.29) is 49.0 Å². The Labute approximate surface area is 319 Å². The maximum Gasteiger partial charge on any atom is 0.244 e. The standard InChI is InChI=1S/C35H51N10O8S/c36-14-2-1-5-26(37)31(50)41-18-30(49)43-27(16-21-6-10-24(47)11-7-21)33(52)45-29(20-54)34(53)44-28(17-22-8-12-25(48)13-9-22)32(51)42-23(19-46)4-3-15-40-35(38)39/h6-13,23,26-29,47-48,54H,1-5,14-18,20,36-37H2,(H,41,50)(H,42,51)(H,43,49)(H,44,53)(H,45,52)(H4,38,39,40)/t23-,26-,27-,28-,29-/m0/s1. The van der Waals surface area contributed by atoms with Crippen molar-refractivity contribution in [3.8, 4) is 11.5 Å². The summed E-state index contributed by atoms with van der Waals surface area (Å²) in [5.74, 6) is -4.10. The van der Waals surface area contributed by atoms with Gasteiger partial charge in [-0.2, -0.15) is 12.6 Å². The average molecular weight is 772 g/mol. The summed E-state index contributed by atoms with van der Waals surface area (Å²) >= 11 is 4.23. The first-order chi connectivity index (χ1) is 25.8. The van der Waals surface area contributed by atoms with E-state index in [2.05, 4.69) is 44.5 Å². The van der Waals surface area contributed by atoms with Gasteiger partial charge in [-0.25, -0.2) is 0 Å². The van der Waals surface area contributed by atoms with Gasteiger partial charge in [0.25, 0.3) is 0 Å². The van der Waals surface area contributed by atoms with E-state index in [9.17, 15) is 39.0 Å². The molecule has 0 aliphatic carbocycles. The van der Waals surface area contributed by atoms with Gasteiger partial charge in [0.1, 0.15) is 29.6 Å². The molecule has 2 aromatic carbocycles. The number of phenols is 2. The Bertz CT molecular complexity index is 1550. The third-order valence-electron chi connectivity index (χ3n) is 8.03. The number of hydrogen-bond donors (Lipinski definition) is 13. The van der Waals surface area contributed by atoms with Crippen molar-refractivity contribution in [1.29, 1.82) is 5.41 Å². The summed E-state index contributed by atoms with van der Waals surface area (Å²) in [6, 6.07) is 6.05. The molecule has 0 aliphatic rings. The van der Waals surface area contributed by atoms with Crippen LogP contribution >= 0.6 is 12.6 Å². The topological polar surface area (TPSA) is 317 Å². The summed E-state index contributed by atoms with van der Waals surface area (Å²) in [7, 11) is 0. The van der Waals surface area contributed by atoms with Gasteiger partial charge in [0, 0.05) is 25.1 Å². The summed E-state index contributed by atoms with van der Waals surface area (Å²) in [5, 5.41) is 42.0.